The average Bonchev–Trinajstić information content (AvgIpc) is 2.22. The van der Waals surface area contributed by atoms with E-state index in [1.165, 1.54) is 0 Å². The summed E-state index contributed by atoms with van der Waals surface area (Å²) in [4.78, 5) is 11.1. The third kappa shape index (κ3) is 5.31. The maximum Gasteiger partial charge on any atom is 0.159 e. The highest BCUT2D eigenvalue weighted by Crippen LogP contribution is 2.00. The van der Waals surface area contributed by atoms with Crippen LogP contribution >= 0.6 is 0 Å². The number of hydrogen-bond acceptors (Lipinski definition) is 1. The van der Waals surface area contributed by atoms with E-state index in [1.807, 2.05) is 51.1 Å². The van der Waals surface area contributed by atoms with E-state index in [0.717, 1.165) is 5.56 Å². The third-order valence-electron chi connectivity index (χ3n) is 1.57. The lowest BCUT2D eigenvalue weighted by Gasteiger charge is -1.94. The summed E-state index contributed by atoms with van der Waals surface area (Å²) in [7, 11) is 0. The number of ketones is 1. The molecule has 0 amide bonds. The second kappa shape index (κ2) is 8.24. The van der Waals surface area contributed by atoms with Crippen molar-refractivity contribution in [2.24, 2.45) is 0 Å². The molecule has 14 heavy (non-hydrogen) atoms. The second-order valence-electron chi connectivity index (χ2n) is 2.63. The van der Waals surface area contributed by atoms with Gasteiger partial charge in [0.15, 0.2) is 5.78 Å². The van der Waals surface area contributed by atoms with Gasteiger partial charge >= 0.3 is 0 Å². The molecule has 0 aromatic heterocycles. The maximum atomic E-state index is 11.1. The fraction of sp³-hybridized carbons (Fsp3) is 0.308. The van der Waals surface area contributed by atoms with Crippen molar-refractivity contribution in [2.45, 2.75) is 27.2 Å². The van der Waals surface area contributed by atoms with Crippen molar-refractivity contribution < 1.29 is 4.79 Å². The summed E-state index contributed by atoms with van der Waals surface area (Å²) in [6.07, 6.45) is 3.88. The summed E-state index contributed by atoms with van der Waals surface area (Å²) in [5.74, 6) is 0.156. The first kappa shape index (κ1) is 12.6. The first-order valence-corrected chi connectivity index (χ1v) is 5.02. The lowest BCUT2D eigenvalue weighted by Crippen LogP contribution is -1.97. The van der Waals surface area contributed by atoms with Gasteiger partial charge in [0.05, 0.1) is 0 Å². The van der Waals surface area contributed by atoms with Gasteiger partial charge < -0.3 is 0 Å². The monoisotopic (exact) mass is 190 g/mol. The fourth-order valence-corrected chi connectivity index (χ4v) is 1.04. The molecular weight excluding hydrogens is 172 g/mol. The summed E-state index contributed by atoms with van der Waals surface area (Å²) in [6.45, 7) is 5.85. The van der Waals surface area contributed by atoms with Crippen molar-refractivity contribution in [3.63, 3.8) is 0 Å². The molecule has 1 heteroatoms. The van der Waals surface area contributed by atoms with Gasteiger partial charge in [0, 0.05) is 6.42 Å². The number of carbonyl (C=O) groups excluding carboxylic acids is 1. The first-order chi connectivity index (χ1) is 6.83. The lowest BCUT2D eigenvalue weighted by atomic mass is 10.1. The second-order valence-corrected chi connectivity index (χ2v) is 2.63. The Morgan fingerprint density at radius 2 is 1.79 bits per heavy atom. The van der Waals surface area contributed by atoms with E-state index in [-0.39, 0.29) is 5.78 Å². The van der Waals surface area contributed by atoms with Gasteiger partial charge in [-0.15, -0.1) is 0 Å². The van der Waals surface area contributed by atoms with Gasteiger partial charge in [0.1, 0.15) is 0 Å². The van der Waals surface area contributed by atoms with Crippen LogP contribution in [0.1, 0.15) is 26.3 Å². The summed E-state index contributed by atoms with van der Waals surface area (Å²) < 4.78 is 0. The van der Waals surface area contributed by atoms with Gasteiger partial charge in [-0.2, -0.15) is 0 Å². The van der Waals surface area contributed by atoms with Gasteiger partial charge in [-0.1, -0.05) is 50.3 Å². The van der Waals surface area contributed by atoms with Crippen molar-refractivity contribution in [1.82, 2.24) is 0 Å². The Morgan fingerprint density at radius 1 is 1.21 bits per heavy atom. The molecule has 0 spiro atoms. The molecule has 0 aliphatic rings. The molecule has 0 N–H and O–H groups in total. The maximum absolute atomic E-state index is 11.1. The largest absolute Gasteiger partial charge is 0.294 e. The van der Waals surface area contributed by atoms with Gasteiger partial charge in [0.25, 0.3) is 0 Å². The summed E-state index contributed by atoms with van der Waals surface area (Å²) in [6, 6.07) is 9.75. The minimum Gasteiger partial charge on any atom is -0.294 e. The Kier molecular flexibility index (Phi) is 7.43. The van der Waals surface area contributed by atoms with E-state index in [2.05, 4.69) is 0 Å². The van der Waals surface area contributed by atoms with Crippen LogP contribution in [0.4, 0.5) is 0 Å². The minimum atomic E-state index is 0.156. The lowest BCUT2D eigenvalue weighted by molar-refractivity contribution is -0.114. The number of hydrogen-bond donors (Lipinski definition) is 0. The SMILES string of the molecule is C/C=C\C(=O)Cc1ccccc1.CC. The molecular formula is C13H18O. The van der Waals surface area contributed by atoms with E-state index in [9.17, 15) is 4.79 Å². The predicted molar refractivity (Wildman–Crippen MR) is 61.3 cm³/mol. The highest BCUT2D eigenvalue weighted by molar-refractivity contribution is 5.91. The normalized spacial score (nSPS) is 9.36. The van der Waals surface area contributed by atoms with Crippen LogP contribution in [0.5, 0.6) is 0 Å². The molecule has 0 radical (unpaired) electrons. The van der Waals surface area contributed by atoms with Crippen LogP contribution < -0.4 is 0 Å². The minimum absolute atomic E-state index is 0.156. The molecule has 0 aliphatic heterocycles. The summed E-state index contributed by atoms with van der Waals surface area (Å²) in [5, 5.41) is 0. The Balaban J connectivity index is 0.000000791. The van der Waals surface area contributed by atoms with Crippen LogP contribution in [0.25, 0.3) is 0 Å². The van der Waals surface area contributed by atoms with E-state index < -0.39 is 0 Å². The molecule has 0 aliphatic carbocycles. The molecule has 0 unspecified atom stereocenters. The Labute approximate surface area is 86.5 Å². The van der Waals surface area contributed by atoms with Crippen molar-refractivity contribution >= 4 is 5.78 Å². The van der Waals surface area contributed by atoms with Crippen molar-refractivity contribution in [3.8, 4) is 0 Å². The van der Waals surface area contributed by atoms with Crippen LogP contribution in [0.15, 0.2) is 42.5 Å². The standard InChI is InChI=1S/C11H12O.C2H6/c1-2-6-11(12)9-10-7-4-3-5-8-10;1-2/h2-8H,9H2,1H3;1-2H3/b6-2-;. The van der Waals surface area contributed by atoms with Crippen LogP contribution in [0.2, 0.25) is 0 Å². The smallest absolute Gasteiger partial charge is 0.159 e. The van der Waals surface area contributed by atoms with Gasteiger partial charge in [-0.05, 0) is 18.6 Å². The first-order valence-electron chi connectivity index (χ1n) is 5.02. The van der Waals surface area contributed by atoms with E-state index >= 15 is 0 Å². The van der Waals surface area contributed by atoms with Gasteiger partial charge in [-0.3, -0.25) is 4.79 Å². The van der Waals surface area contributed by atoms with Crippen molar-refractivity contribution in [2.75, 3.05) is 0 Å². The summed E-state index contributed by atoms with van der Waals surface area (Å²) in [5.41, 5.74) is 1.07. The van der Waals surface area contributed by atoms with Crippen LogP contribution in [0, 0.1) is 0 Å². The zero-order valence-electron chi connectivity index (χ0n) is 9.16. The van der Waals surface area contributed by atoms with Gasteiger partial charge in [-0.25, -0.2) is 0 Å². The molecule has 0 bridgehead atoms. The number of benzene rings is 1. The predicted octanol–water partition coefficient (Wildman–Crippen LogP) is 3.40. The molecule has 0 heterocycles. The van der Waals surface area contributed by atoms with Crippen LogP contribution in [0.3, 0.4) is 0 Å². The number of allylic oxidation sites excluding steroid dienone is 2. The Bertz CT molecular complexity index is 273. The average molecular weight is 190 g/mol. The zero-order valence-corrected chi connectivity index (χ0v) is 9.16. The van der Waals surface area contributed by atoms with E-state index in [4.69, 9.17) is 0 Å². The third-order valence-corrected chi connectivity index (χ3v) is 1.57. The molecule has 1 rings (SSSR count). The molecule has 1 nitrogen and oxygen atoms in total. The highest BCUT2D eigenvalue weighted by atomic mass is 16.1. The van der Waals surface area contributed by atoms with E-state index in [0.29, 0.717) is 6.42 Å². The molecule has 1 aromatic rings. The fourth-order valence-electron chi connectivity index (χ4n) is 1.04. The quantitative estimate of drug-likeness (QED) is 0.668. The number of rotatable bonds is 3. The summed E-state index contributed by atoms with van der Waals surface area (Å²) >= 11 is 0. The Morgan fingerprint density at radius 3 is 2.29 bits per heavy atom. The topological polar surface area (TPSA) is 17.1 Å². The molecule has 76 valence electrons. The molecule has 0 saturated carbocycles. The molecule has 0 saturated heterocycles. The number of carbonyl (C=O) groups is 1. The molecule has 1 aromatic carbocycles. The Hall–Kier alpha value is -1.37. The molecule has 0 atom stereocenters. The van der Waals surface area contributed by atoms with E-state index in [1.54, 1.807) is 12.2 Å². The van der Waals surface area contributed by atoms with Crippen molar-refractivity contribution in [1.29, 1.82) is 0 Å². The van der Waals surface area contributed by atoms with Crippen LogP contribution in [-0.4, -0.2) is 5.78 Å². The highest BCUT2D eigenvalue weighted by Gasteiger charge is 1.96. The van der Waals surface area contributed by atoms with Crippen molar-refractivity contribution in [3.05, 3.63) is 48.0 Å². The van der Waals surface area contributed by atoms with Crippen LogP contribution in [-0.2, 0) is 11.2 Å². The zero-order chi connectivity index (χ0) is 10.8. The van der Waals surface area contributed by atoms with Gasteiger partial charge in [0.2, 0.25) is 0 Å². The molecule has 0 fully saturated rings.